The molecule has 1 unspecified atom stereocenters. The Morgan fingerprint density at radius 1 is 0.914 bits per heavy atom. The third-order valence-electron chi connectivity index (χ3n) is 6.15. The zero-order valence-corrected chi connectivity index (χ0v) is 20.1. The molecule has 0 saturated carbocycles. The number of benzene rings is 3. The Morgan fingerprint density at radius 3 is 2.34 bits per heavy atom. The minimum Gasteiger partial charge on any atom is -0.493 e. The van der Waals surface area contributed by atoms with E-state index in [1.54, 1.807) is 35.2 Å². The quantitative estimate of drug-likeness (QED) is 0.368. The summed E-state index contributed by atoms with van der Waals surface area (Å²) in [7, 11) is 4.53. The van der Waals surface area contributed by atoms with Crippen LogP contribution in [0.3, 0.4) is 0 Å². The van der Waals surface area contributed by atoms with Crippen LogP contribution >= 0.6 is 11.6 Å². The van der Waals surface area contributed by atoms with Crippen LogP contribution in [-0.4, -0.2) is 32.1 Å². The second-order valence-electron chi connectivity index (χ2n) is 8.06. The van der Waals surface area contributed by atoms with Crippen LogP contribution in [0.4, 0.5) is 0 Å². The van der Waals surface area contributed by atoms with Gasteiger partial charge in [-0.3, -0.25) is 9.59 Å². The molecule has 0 spiro atoms. The first-order valence-electron chi connectivity index (χ1n) is 10.9. The number of ether oxygens (including phenoxy) is 3. The second-order valence-corrected chi connectivity index (χ2v) is 8.50. The van der Waals surface area contributed by atoms with E-state index in [2.05, 4.69) is 0 Å². The summed E-state index contributed by atoms with van der Waals surface area (Å²) >= 11 is 6.17. The van der Waals surface area contributed by atoms with Gasteiger partial charge in [0.2, 0.25) is 11.5 Å². The van der Waals surface area contributed by atoms with Crippen molar-refractivity contribution in [2.45, 2.75) is 12.6 Å². The highest BCUT2D eigenvalue weighted by Gasteiger charge is 2.44. The molecule has 0 aliphatic carbocycles. The Morgan fingerprint density at radius 2 is 1.66 bits per heavy atom. The predicted molar refractivity (Wildman–Crippen MR) is 132 cm³/mol. The number of rotatable bonds is 6. The van der Waals surface area contributed by atoms with Crippen LogP contribution in [0.25, 0.3) is 11.0 Å². The van der Waals surface area contributed by atoms with E-state index in [1.165, 1.54) is 21.3 Å². The van der Waals surface area contributed by atoms with Crippen LogP contribution in [0.5, 0.6) is 17.2 Å². The van der Waals surface area contributed by atoms with Crippen LogP contribution in [0.2, 0.25) is 5.02 Å². The van der Waals surface area contributed by atoms with Crippen molar-refractivity contribution in [3.63, 3.8) is 0 Å². The minimum atomic E-state index is -0.785. The number of hydrogen-bond acceptors (Lipinski definition) is 6. The van der Waals surface area contributed by atoms with Crippen LogP contribution in [0.15, 0.2) is 69.9 Å². The van der Waals surface area contributed by atoms with Crippen molar-refractivity contribution in [3.05, 3.63) is 98.4 Å². The highest BCUT2D eigenvalue weighted by molar-refractivity contribution is 6.31. The number of amides is 1. The summed E-state index contributed by atoms with van der Waals surface area (Å²) in [4.78, 5) is 29.1. The maximum atomic E-state index is 13.8. The fraction of sp³-hybridized carbons (Fsp3) is 0.185. The fourth-order valence-corrected chi connectivity index (χ4v) is 4.77. The molecule has 1 atom stereocenters. The molecule has 1 aromatic heterocycles. The van der Waals surface area contributed by atoms with Crippen LogP contribution < -0.4 is 19.6 Å². The minimum absolute atomic E-state index is 0.00240. The van der Waals surface area contributed by atoms with Crippen LogP contribution in [0.1, 0.15) is 33.3 Å². The fourth-order valence-electron chi connectivity index (χ4n) is 4.60. The molecule has 35 heavy (non-hydrogen) atoms. The van der Waals surface area contributed by atoms with Crippen molar-refractivity contribution in [2.75, 3.05) is 21.3 Å². The Bertz CT molecular complexity index is 1500. The van der Waals surface area contributed by atoms with Gasteiger partial charge in [-0.15, -0.1) is 0 Å². The molecular weight excluding hydrogens is 470 g/mol. The first-order chi connectivity index (χ1) is 17.0. The molecular formula is C27H22ClNO6. The zero-order valence-electron chi connectivity index (χ0n) is 19.3. The Kier molecular flexibility index (Phi) is 5.86. The summed E-state index contributed by atoms with van der Waals surface area (Å²) < 4.78 is 22.7. The predicted octanol–water partition coefficient (Wildman–Crippen LogP) is 5.22. The lowest BCUT2D eigenvalue weighted by Gasteiger charge is -2.27. The van der Waals surface area contributed by atoms with Crippen molar-refractivity contribution in [2.24, 2.45) is 0 Å². The van der Waals surface area contributed by atoms with Crippen molar-refractivity contribution in [1.29, 1.82) is 0 Å². The van der Waals surface area contributed by atoms with Gasteiger partial charge >= 0.3 is 0 Å². The standard InChI is InChI=1S/C27H22ClNO6/c1-32-20-12-10-17(24(33-2)25(20)34-3)22-21-23(30)18-13-16(28)9-11-19(18)35-26(21)27(31)29(22)14-15-7-5-4-6-8-15/h4-13,22H,14H2,1-3H3. The van der Waals surface area contributed by atoms with E-state index in [1.807, 2.05) is 30.3 Å². The van der Waals surface area contributed by atoms with Crippen LogP contribution in [0, 0.1) is 0 Å². The van der Waals surface area contributed by atoms with Crippen LogP contribution in [-0.2, 0) is 6.54 Å². The van der Waals surface area contributed by atoms with E-state index in [0.717, 1.165) is 5.56 Å². The van der Waals surface area contributed by atoms with Gasteiger partial charge in [-0.25, -0.2) is 0 Å². The topological polar surface area (TPSA) is 78.2 Å². The zero-order chi connectivity index (χ0) is 24.7. The molecule has 0 radical (unpaired) electrons. The number of carbonyl (C=O) groups is 1. The summed E-state index contributed by atoms with van der Waals surface area (Å²) in [6.07, 6.45) is 0. The third kappa shape index (κ3) is 3.68. The van der Waals surface area contributed by atoms with Crippen molar-refractivity contribution in [3.8, 4) is 17.2 Å². The molecule has 4 aromatic rings. The van der Waals surface area contributed by atoms with E-state index in [0.29, 0.717) is 38.8 Å². The van der Waals surface area contributed by atoms with Crippen molar-refractivity contribution < 1.29 is 23.4 Å². The smallest absolute Gasteiger partial charge is 0.291 e. The third-order valence-corrected chi connectivity index (χ3v) is 6.39. The van der Waals surface area contributed by atoms with Gasteiger partial charge in [0.15, 0.2) is 16.9 Å². The lowest BCUT2D eigenvalue weighted by molar-refractivity contribution is 0.0712. The lowest BCUT2D eigenvalue weighted by atomic mass is 9.96. The highest BCUT2D eigenvalue weighted by Crippen LogP contribution is 2.48. The molecule has 178 valence electrons. The van der Waals surface area contributed by atoms with Gasteiger partial charge in [0.05, 0.1) is 38.3 Å². The molecule has 0 saturated heterocycles. The first kappa shape index (κ1) is 22.8. The van der Waals surface area contributed by atoms with E-state index < -0.39 is 6.04 Å². The van der Waals surface area contributed by atoms with E-state index in [9.17, 15) is 9.59 Å². The van der Waals surface area contributed by atoms with E-state index >= 15 is 0 Å². The Balaban J connectivity index is 1.80. The van der Waals surface area contributed by atoms with Gasteiger partial charge in [0.25, 0.3) is 5.91 Å². The Hall–Kier alpha value is -3.97. The summed E-state index contributed by atoms with van der Waals surface area (Å²) in [5.74, 6) is 0.800. The summed E-state index contributed by atoms with van der Waals surface area (Å²) in [5, 5.41) is 0.700. The number of nitrogens with zero attached hydrogens (tertiary/aromatic N) is 1. The molecule has 0 N–H and O–H groups in total. The van der Waals surface area contributed by atoms with Gasteiger partial charge in [0.1, 0.15) is 5.58 Å². The number of methoxy groups -OCH3 is 3. The first-order valence-corrected chi connectivity index (χ1v) is 11.3. The van der Waals surface area contributed by atoms with Gasteiger partial charge in [0, 0.05) is 17.1 Å². The number of hydrogen-bond donors (Lipinski definition) is 0. The molecule has 2 heterocycles. The monoisotopic (exact) mass is 491 g/mol. The summed E-state index contributed by atoms with van der Waals surface area (Å²) in [5.41, 5.74) is 1.67. The van der Waals surface area contributed by atoms with Gasteiger partial charge < -0.3 is 23.5 Å². The van der Waals surface area contributed by atoms with Crippen molar-refractivity contribution >= 4 is 28.5 Å². The molecule has 1 aliphatic heterocycles. The van der Waals surface area contributed by atoms with Crippen molar-refractivity contribution in [1.82, 2.24) is 4.90 Å². The maximum Gasteiger partial charge on any atom is 0.291 e. The normalized spacial score (nSPS) is 14.8. The average molecular weight is 492 g/mol. The molecule has 0 bridgehead atoms. The van der Waals surface area contributed by atoms with E-state index in [4.69, 9.17) is 30.2 Å². The highest BCUT2D eigenvalue weighted by atomic mass is 35.5. The largest absolute Gasteiger partial charge is 0.493 e. The number of fused-ring (bicyclic) bond motifs is 2. The average Bonchev–Trinajstić information content (AvgIpc) is 3.15. The summed E-state index contributed by atoms with van der Waals surface area (Å²) in [6, 6.07) is 17.0. The molecule has 5 rings (SSSR count). The number of carbonyl (C=O) groups excluding carboxylic acids is 1. The molecule has 1 aliphatic rings. The molecule has 1 amide bonds. The molecule has 8 heteroatoms. The molecule has 0 fully saturated rings. The maximum absolute atomic E-state index is 13.8. The molecule has 7 nitrogen and oxygen atoms in total. The van der Waals surface area contributed by atoms with Gasteiger partial charge in [-0.2, -0.15) is 0 Å². The van der Waals surface area contributed by atoms with Gasteiger partial charge in [-0.1, -0.05) is 41.9 Å². The number of halogens is 1. The van der Waals surface area contributed by atoms with Gasteiger partial charge in [-0.05, 0) is 35.9 Å². The lowest BCUT2D eigenvalue weighted by Crippen LogP contribution is -2.29. The SMILES string of the molecule is COc1ccc(C2c3c(oc4ccc(Cl)cc4c3=O)C(=O)N2Cc2ccccc2)c(OC)c1OC. The Labute approximate surface area is 206 Å². The second kappa shape index (κ2) is 9.00. The molecule has 3 aromatic carbocycles. The summed E-state index contributed by atoms with van der Waals surface area (Å²) in [6.45, 7) is 0.253. The van der Waals surface area contributed by atoms with E-state index in [-0.39, 0.29) is 29.2 Å².